The number of hydrogen-bond donors (Lipinski definition) is 2. The van der Waals surface area contributed by atoms with Crippen LogP contribution in [0, 0.1) is 11.7 Å². The van der Waals surface area contributed by atoms with Crippen LogP contribution in [0.2, 0.25) is 5.02 Å². The molecule has 8 heteroatoms. The lowest BCUT2D eigenvalue weighted by atomic mass is 9.98. The van der Waals surface area contributed by atoms with Gasteiger partial charge in [-0.25, -0.2) is 4.39 Å². The summed E-state index contributed by atoms with van der Waals surface area (Å²) in [6, 6.07) is 3.85. The van der Waals surface area contributed by atoms with E-state index < -0.39 is 16.0 Å². The summed E-state index contributed by atoms with van der Waals surface area (Å²) in [7, 11) is -1.85. The molecule has 0 atom stereocenters. The lowest BCUT2D eigenvalue weighted by molar-refractivity contribution is 0.272. The smallest absolute Gasteiger partial charge is 0.301 e. The summed E-state index contributed by atoms with van der Waals surface area (Å²) in [5.74, 6) is -0.204. The fourth-order valence-corrected chi connectivity index (χ4v) is 3.84. The Bertz CT molecular complexity index is 589. The standard InChI is InChI=1S/C13H19ClFN3O2S/c1-16-9-10-4-6-18(7-5-10)21(19,20)17-13-3-2-11(14)8-12(13)15/h2-3,8,10,16-17H,4-7,9H2,1H3. The van der Waals surface area contributed by atoms with Crippen molar-refractivity contribution in [3.63, 3.8) is 0 Å². The van der Waals surface area contributed by atoms with Gasteiger partial charge in [0.2, 0.25) is 0 Å². The Morgan fingerprint density at radius 3 is 2.62 bits per heavy atom. The molecule has 1 aliphatic heterocycles. The van der Waals surface area contributed by atoms with Crippen LogP contribution in [-0.2, 0) is 10.2 Å². The molecule has 0 bridgehead atoms. The van der Waals surface area contributed by atoms with Crippen LogP contribution in [0.4, 0.5) is 10.1 Å². The van der Waals surface area contributed by atoms with Gasteiger partial charge >= 0.3 is 10.2 Å². The second kappa shape index (κ2) is 6.91. The average Bonchev–Trinajstić information content (AvgIpc) is 2.43. The Labute approximate surface area is 129 Å². The summed E-state index contributed by atoms with van der Waals surface area (Å²) in [4.78, 5) is 0. The molecular formula is C13H19ClFN3O2S. The van der Waals surface area contributed by atoms with E-state index >= 15 is 0 Å². The first-order chi connectivity index (χ1) is 9.92. The number of hydrogen-bond acceptors (Lipinski definition) is 3. The number of benzene rings is 1. The zero-order valence-corrected chi connectivity index (χ0v) is 13.3. The van der Waals surface area contributed by atoms with Crippen molar-refractivity contribution in [1.82, 2.24) is 9.62 Å². The van der Waals surface area contributed by atoms with Gasteiger partial charge in [-0.15, -0.1) is 0 Å². The molecule has 0 aliphatic carbocycles. The maximum atomic E-state index is 13.7. The second-order valence-electron chi connectivity index (χ2n) is 5.13. The molecule has 0 unspecified atom stereocenters. The number of halogens is 2. The second-order valence-corrected chi connectivity index (χ2v) is 7.24. The van der Waals surface area contributed by atoms with Crippen LogP contribution in [0.15, 0.2) is 18.2 Å². The minimum Gasteiger partial charge on any atom is -0.319 e. The third-order valence-corrected chi connectivity index (χ3v) is 5.33. The molecule has 118 valence electrons. The highest BCUT2D eigenvalue weighted by atomic mass is 35.5. The fraction of sp³-hybridized carbons (Fsp3) is 0.538. The van der Waals surface area contributed by atoms with Crippen molar-refractivity contribution in [2.75, 3.05) is 31.4 Å². The third kappa shape index (κ3) is 4.29. The number of nitrogens with one attached hydrogen (secondary N) is 2. The third-order valence-electron chi connectivity index (χ3n) is 3.58. The molecule has 0 radical (unpaired) electrons. The molecule has 0 amide bonds. The van der Waals surface area contributed by atoms with Gasteiger partial charge < -0.3 is 5.32 Å². The summed E-state index contributed by atoms with van der Waals surface area (Å²) in [5.41, 5.74) is -0.0863. The molecule has 0 saturated carbocycles. The predicted molar refractivity (Wildman–Crippen MR) is 82.2 cm³/mol. The lowest BCUT2D eigenvalue weighted by Gasteiger charge is -2.31. The number of anilines is 1. The van der Waals surface area contributed by atoms with Crippen LogP contribution >= 0.6 is 11.6 Å². The topological polar surface area (TPSA) is 61.4 Å². The van der Waals surface area contributed by atoms with Crippen molar-refractivity contribution in [1.29, 1.82) is 0 Å². The van der Waals surface area contributed by atoms with Gasteiger partial charge in [-0.05, 0) is 50.6 Å². The van der Waals surface area contributed by atoms with Crippen molar-refractivity contribution in [2.24, 2.45) is 5.92 Å². The zero-order chi connectivity index (χ0) is 15.5. The molecule has 0 aromatic heterocycles. The molecular weight excluding hydrogens is 317 g/mol. The van der Waals surface area contributed by atoms with Gasteiger partial charge in [0.25, 0.3) is 0 Å². The Morgan fingerprint density at radius 1 is 1.38 bits per heavy atom. The molecule has 1 aromatic carbocycles. The molecule has 0 spiro atoms. The highest BCUT2D eigenvalue weighted by Gasteiger charge is 2.28. The van der Waals surface area contributed by atoms with Crippen LogP contribution in [0.5, 0.6) is 0 Å². The van der Waals surface area contributed by atoms with Crippen LogP contribution in [0.3, 0.4) is 0 Å². The van der Waals surface area contributed by atoms with Gasteiger partial charge in [0.15, 0.2) is 0 Å². The zero-order valence-electron chi connectivity index (χ0n) is 11.8. The van der Waals surface area contributed by atoms with Crippen LogP contribution in [0.25, 0.3) is 0 Å². The van der Waals surface area contributed by atoms with Gasteiger partial charge in [0.1, 0.15) is 5.82 Å². The highest BCUT2D eigenvalue weighted by molar-refractivity contribution is 7.90. The normalized spacial score (nSPS) is 17.9. The van der Waals surface area contributed by atoms with Crippen molar-refractivity contribution >= 4 is 27.5 Å². The Kier molecular flexibility index (Phi) is 5.43. The minimum atomic E-state index is -3.73. The highest BCUT2D eigenvalue weighted by Crippen LogP contribution is 2.23. The largest absolute Gasteiger partial charge is 0.319 e. The van der Waals surface area contributed by atoms with Crippen molar-refractivity contribution in [2.45, 2.75) is 12.8 Å². The molecule has 21 heavy (non-hydrogen) atoms. The fourth-order valence-electron chi connectivity index (χ4n) is 2.42. The first kappa shape index (κ1) is 16.5. The predicted octanol–water partition coefficient (Wildman–Crippen LogP) is 2.07. The average molecular weight is 336 g/mol. The van der Waals surface area contributed by atoms with E-state index in [2.05, 4.69) is 10.0 Å². The van der Waals surface area contributed by atoms with E-state index in [0.717, 1.165) is 25.5 Å². The van der Waals surface area contributed by atoms with Gasteiger partial charge in [0, 0.05) is 18.1 Å². The van der Waals surface area contributed by atoms with E-state index in [1.807, 2.05) is 7.05 Å². The van der Waals surface area contributed by atoms with E-state index in [0.29, 0.717) is 19.0 Å². The van der Waals surface area contributed by atoms with Crippen molar-refractivity contribution < 1.29 is 12.8 Å². The molecule has 1 saturated heterocycles. The van der Waals surface area contributed by atoms with Crippen LogP contribution in [0.1, 0.15) is 12.8 Å². The van der Waals surface area contributed by atoms with E-state index in [4.69, 9.17) is 11.6 Å². The lowest BCUT2D eigenvalue weighted by Crippen LogP contribution is -2.43. The van der Waals surface area contributed by atoms with E-state index in [1.165, 1.54) is 16.4 Å². The summed E-state index contributed by atoms with van der Waals surface area (Å²) >= 11 is 5.65. The summed E-state index contributed by atoms with van der Waals surface area (Å²) in [6.07, 6.45) is 1.59. The van der Waals surface area contributed by atoms with Gasteiger partial charge in [-0.1, -0.05) is 11.6 Å². The molecule has 2 N–H and O–H groups in total. The molecule has 1 aromatic rings. The molecule has 1 heterocycles. The monoisotopic (exact) mass is 335 g/mol. The summed E-state index contributed by atoms with van der Waals surface area (Å²) in [6.45, 7) is 1.76. The van der Waals surface area contributed by atoms with E-state index in [9.17, 15) is 12.8 Å². The Hall–Kier alpha value is -0.890. The van der Waals surface area contributed by atoms with Gasteiger partial charge in [-0.2, -0.15) is 12.7 Å². The Morgan fingerprint density at radius 2 is 2.05 bits per heavy atom. The van der Waals surface area contributed by atoms with Gasteiger partial charge in [-0.3, -0.25) is 4.72 Å². The van der Waals surface area contributed by atoms with Crippen molar-refractivity contribution in [3.8, 4) is 0 Å². The molecule has 2 rings (SSSR count). The van der Waals surface area contributed by atoms with Crippen LogP contribution < -0.4 is 10.0 Å². The summed E-state index contributed by atoms with van der Waals surface area (Å²) < 4.78 is 41.8. The Balaban J connectivity index is 2.02. The number of nitrogens with zero attached hydrogens (tertiary/aromatic N) is 1. The van der Waals surface area contributed by atoms with E-state index in [-0.39, 0.29) is 10.7 Å². The van der Waals surface area contributed by atoms with Gasteiger partial charge in [0.05, 0.1) is 5.69 Å². The van der Waals surface area contributed by atoms with Crippen molar-refractivity contribution in [3.05, 3.63) is 29.0 Å². The maximum Gasteiger partial charge on any atom is 0.301 e. The first-order valence-corrected chi connectivity index (χ1v) is 8.61. The maximum absolute atomic E-state index is 13.7. The van der Waals surface area contributed by atoms with Crippen LogP contribution in [-0.4, -0.2) is 39.4 Å². The molecule has 1 fully saturated rings. The first-order valence-electron chi connectivity index (χ1n) is 6.80. The van der Waals surface area contributed by atoms with E-state index in [1.54, 1.807) is 0 Å². The SMILES string of the molecule is CNCC1CCN(S(=O)(=O)Nc2ccc(Cl)cc2F)CC1. The number of piperidine rings is 1. The minimum absolute atomic E-state index is 0.0863. The summed E-state index contributed by atoms with van der Waals surface area (Å²) in [5, 5.41) is 3.32. The number of rotatable bonds is 5. The molecule has 1 aliphatic rings. The molecule has 5 nitrogen and oxygen atoms in total. The quantitative estimate of drug-likeness (QED) is 0.866.